The summed E-state index contributed by atoms with van der Waals surface area (Å²) in [6, 6.07) is 10.1. The molecule has 0 bridgehead atoms. The summed E-state index contributed by atoms with van der Waals surface area (Å²) in [5, 5.41) is 10.1. The van der Waals surface area contributed by atoms with E-state index < -0.39 is 6.82 Å². The van der Waals surface area contributed by atoms with E-state index in [-0.39, 0.29) is 5.92 Å². The lowest BCUT2D eigenvalue weighted by molar-refractivity contribution is -0.370. The average Bonchev–Trinajstić information content (AvgIpc) is 3.44. The summed E-state index contributed by atoms with van der Waals surface area (Å²) in [7, 11) is 0. The number of fused-ring (bicyclic) bond motifs is 5. The fraction of sp³-hybridized carbons (Fsp3) is 0.393. The van der Waals surface area contributed by atoms with E-state index in [1.54, 1.807) is 0 Å². The summed E-state index contributed by atoms with van der Waals surface area (Å²) in [6.45, 7) is 18.2. The second-order valence-corrected chi connectivity index (χ2v) is 9.78. The normalized spacial score (nSPS) is 18.1. The van der Waals surface area contributed by atoms with Gasteiger partial charge in [0.05, 0.1) is 6.57 Å². The van der Waals surface area contributed by atoms with Crippen LogP contribution in [0.2, 0.25) is 0 Å². The van der Waals surface area contributed by atoms with Crippen LogP contribution in [0.15, 0.2) is 41.1 Å². The van der Waals surface area contributed by atoms with Crippen LogP contribution in [-0.2, 0) is 0 Å². The van der Waals surface area contributed by atoms with Crippen molar-refractivity contribution in [2.24, 2.45) is 5.92 Å². The van der Waals surface area contributed by atoms with Gasteiger partial charge in [0.25, 0.3) is 0 Å². The van der Waals surface area contributed by atoms with Crippen molar-refractivity contribution in [3.05, 3.63) is 69.5 Å². The Labute approximate surface area is 207 Å². The van der Waals surface area contributed by atoms with Crippen molar-refractivity contribution in [1.82, 2.24) is 4.48 Å². The SMILES string of the molecule is [C-]#[N+]c1c(C)c2n(c1C)[B-]1(Oc3ccccc3O1)[N+]1=C(C)C(C#N)=C(C)C1=C2C(CC)CCCC. The van der Waals surface area contributed by atoms with Crippen molar-refractivity contribution >= 4 is 23.8 Å². The maximum atomic E-state index is 10.1. The summed E-state index contributed by atoms with van der Waals surface area (Å²) in [5.74, 6) is 1.63. The van der Waals surface area contributed by atoms with Gasteiger partial charge < -0.3 is 18.3 Å². The third kappa shape index (κ3) is 2.91. The molecule has 2 aromatic rings. The number of para-hydroxylation sites is 2. The molecule has 0 radical (unpaired) electrons. The van der Waals surface area contributed by atoms with Crippen LogP contribution in [0.1, 0.15) is 70.3 Å². The minimum Gasteiger partial charge on any atom is -0.599 e. The van der Waals surface area contributed by atoms with Gasteiger partial charge in [0.15, 0.2) is 11.4 Å². The highest BCUT2D eigenvalue weighted by atomic mass is 16.7. The Morgan fingerprint density at radius 1 is 1.14 bits per heavy atom. The number of benzene rings is 1. The molecule has 3 aliphatic heterocycles. The number of unbranched alkanes of at least 4 members (excludes halogenated alkanes) is 1. The maximum absolute atomic E-state index is 10.1. The lowest BCUT2D eigenvalue weighted by Gasteiger charge is -2.40. The molecule has 0 saturated heterocycles. The largest absolute Gasteiger partial charge is 0.779 e. The number of hydrogen-bond donors (Lipinski definition) is 0. The molecule has 0 amide bonds. The Balaban J connectivity index is 1.93. The minimum atomic E-state index is -2.29. The fourth-order valence-electron chi connectivity index (χ4n) is 6.34. The van der Waals surface area contributed by atoms with E-state index in [4.69, 9.17) is 15.9 Å². The van der Waals surface area contributed by atoms with Gasteiger partial charge in [0.2, 0.25) is 5.69 Å². The van der Waals surface area contributed by atoms with Gasteiger partial charge in [-0.2, -0.15) is 5.26 Å². The molecule has 3 aliphatic rings. The highest BCUT2D eigenvalue weighted by Gasteiger charge is 2.64. The Hall–Kier alpha value is -3.71. The van der Waals surface area contributed by atoms with E-state index in [1.807, 2.05) is 52.0 Å². The fourth-order valence-corrected chi connectivity index (χ4v) is 6.34. The minimum absolute atomic E-state index is 0.288. The van der Waals surface area contributed by atoms with E-state index in [2.05, 4.69) is 33.7 Å². The lowest BCUT2D eigenvalue weighted by atomic mass is 9.75. The van der Waals surface area contributed by atoms with Crippen molar-refractivity contribution in [1.29, 1.82) is 5.26 Å². The second-order valence-electron chi connectivity index (χ2n) is 9.78. The summed E-state index contributed by atoms with van der Waals surface area (Å²) in [6.07, 6.45) is 4.26. The summed E-state index contributed by atoms with van der Waals surface area (Å²) in [4.78, 5) is 3.94. The first-order valence-corrected chi connectivity index (χ1v) is 12.6. The Bertz CT molecular complexity index is 1420. The van der Waals surface area contributed by atoms with E-state index in [9.17, 15) is 5.26 Å². The summed E-state index contributed by atoms with van der Waals surface area (Å²) >= 11 is 0. The highest BCUT2D eigenvalue weighted by Crippen LogP contribution is 2.52. The standard InChI is InChI=1S/C28H31BN4O2/c1-8-10-13-21(9-2)25-27-17(3)22(16-30)19(5)32(27)29(34-23-14-11-12-15-24(23)35-29)33-20(6)26(31-7)18(4)28(25)33/h11-12,14-15,21H,8-10,13H2,1-6H3. The molecule has 0 N–H and O–H groups in total. The molecule has 1 spiro atoms. The van der Waals surface area contributed by atoms with Crippen LogP contribution in [0.5, 0.6) is 11.5 Å². The van der Waals surface area contributed by atoms with Crippen LogP contribution >= 0.6 is 0 Å². The highest BCUT2D eigenvalue weighted by molar-refractivity contribution is 6.62. The van der Waals surface area contributed by atoms with E-state index in [1.165, 1.54) is 5.57 Å². The lowest BCUT2D eigenvalue weighted by Crippen LogP contribution is -2.65. The number of rotatable bonds is 5. The smallest absolute Gasteiger partial charge is 0.599 e. The Kier molecular flexibility index (Phi) is 5.40. The first-order chi connectivity index (χ1) is 16.9. The monoisotopic (exact) mass is 466 g/mol. The van der Waals surface area contributed by atoms with Crippen molar-refractivity contribution in [3.63, 3.8) is 0 Å². The van der Waals surface area contributed by atoms with Gasteiger partial charge in [0, 0.05) is 23.8 Å². The van der Waals surface area contributed by atoms with Gasteiger partial charge >= 0.3 is 6.82 Å². The van der Waals surface area contributed by atoms with E-state index in [0.29, 0.717) is 22.8 Å². The van der Waals surface area contributed by atoms with Gasteiger partial charge in [-0.15, -0.1) is 0 Å². The molecule has 6 nitrogen and oxygen atoms in total. The zero-order valence-electron chi connectivity index (χ0n) is 21.4. The first kappa shape index (κ1) is 23.1. The first-order valence-electron chi connectivity index (χ1n) is 12.6. The molecule has 0 aliphatic carbocycles. The number of hydrogen-bond acceptors (Lipinski definition) is 3. The molecule has 178 valence electrons. The predicted molar refractivity (Wildman–Crippen MR) is 138 cm³/mol. The molecule has 1 unspecified atom stereocenters. The molecule has 1 aromatic carbocycles. The van der Waals surface area contributed by atoms with Crippen molar-refractivity contribution < 1.29 is 13.8 Å². The van der Waals surface area contributed by atoms with Crippen molar-refractivity contribution in [2.75, 3.05) is 0 Å². The van der Waals surface area contributed by atoms with Gasteiger partial charge in [-0.1, -0.05) is 38.8 Å². The summed E-state index contributed by atoms with van der Waals surface area (Å²) < 4.78 is 17.8. The molecular weight excluding hydrogens is 435 g/mol. The van der Waals surface area contributed by atoms with Gasteiger partial charge in [-0.25, -0.2) is 4.85 Å². The van der Waals surface area contributed by atoms with Crippen LogP contribution in [0.3, 0.4) is 0 Å². The number of nitriles is 1. The zero-order chi connectivity index (χ0) is 25.1. The predicted octanol–water partition coefficient (Wildman–Crippen LogP) is 6.68. The quantitative estimate of drug-likeness (QED) is 0.365. The van der Waals surface area contributed by atoms with Crippen LogP contribution < -0.4 is 9.31 Å². The maximum Gasteiger partial charge on any atom is 0.779 e. The molecule has 4 heterocycles. The molecule has 1 aromatic heterocycles. The molecule has 0 saturated carbocycles. The molecule has 7 heteroatoms. The summed E-state index contributed by atoms with van der Waals surface area (Å²) in [5.41, 5.74) is 8.11. The molecular formula is C28H31BN4O2. The third-order valence-electron chi connectivity index (χ3n) is 7.95. The van der Waals surface area contributed by atoms with Crippen LogP contribution in [0, 0.1) is 37.7 Å². The van der Waals surface area contributed by atoms with E-state index in [0.717, 1.165) is 59.6 Å². The van der Waals surface area contributed by atoms with Crippen LogP contribution in [0.4, 0.5) is 5.69 Å². The number of allylic oxidation sites excluding steroid dienone is 3. The molecule has 0 fully saturated rings. The van der Waals surface area contributed by atoms with E-state index >= 15 is 0 Å². The van der Waals surface area contributed by atoms with Crippen molar-refractivity contribution in [2.45, 2.75) is 67.2 Å². The Morgan fingerprint density at radius 3 is 2.34 bits per heavy atom. The third-order valence-corrected chi connectivity index (χ3v) is 7.95. The second kappa shape index (κ2) is 8.20. The van der Waals surface area contributed by atoms with Crippen LogP contribution in [-0.4, -0.2) is 21.5 Å². The van der Waals surface area contributed by atoms with Gasteiger partial charge in [-0.3, -0.25) is 0 Å². The van der Waals surface area contributed by atoms with Crippen molar-refractivity contribution in [3.8, 4) is 17.6 Å². The zero-order valence-corrected chi connectivity index (χ0v) is 21.4. The number of aromatic nitrogens is 1. The number of nitrogens with zero attached hydrogens (tertiary/aromatic N) is 4. The molecule has 5 rings (SSSR count). The van der Waals surface area contributed by atoms with Crippen LogP contribution in [0.25, 0.3) is 10.4 Å². The average molecular weight is 466 g/mol. The van der Waals surface area contributed by atoms with Gasteiger partial charge in [0.1, 0.15) is 23.1 Å². The Morgan fingerprint density at radius 2 is 1.80 bits per heavy atom. The molecule has 35 heavy (non-hydrogen) atoms. The van der Waals surface area contributed by atoms with Gasteiger partial charge in [-0.05, 0) is 62.9 Å². The topological polar surface area (TPSA) is 54.5 Å². The molecule has 1 atom stereocenters.